The standard InChI is InChI=1S/C13H19N3O3S/c1-16(8-13(17)15-9-3-4-9)12-6-5-10(7-11(12)14)20(2,18)19/h5-7,9H,3-4,8,14H2,1-2H3,(H,15,17). The molecule has 1 aliphatic carbocycles. The molecule has 2 rings (SSSR count). The molecule has 0 spiro atoms. The van der Waals surface area contributed by atoms with Crippen molar-refractivity contribution in [3.63, 3.8) is 0 Å². The molecule has 1 saturated carbocycles. The third kappa shape index (κ3) is 3.63. The Morgan fingerprint density at radius 2 is 2.10 bits per heavy atom. The Hall–Kier alpha value is -1.76. The minimum absolute atomic E-state index is 0.0541. The van der Waals surface area contributed by atoms with Crippen LogP contribution in [0.4, 0.5) is 11.4 Å². The van der Waals surface area contributed by atoms with Crippen molar-refractivity contribution >= 4 is 27.1 Å². The lowest BCUT2D eigenvalue weighted by Crippen LogP contribution is -2.36. The molecule has 7 heteroatoms. The molecule has 3 N–H and O–H groups in total. The van der Waals surface area contributed by atoms with E-state index in [4.69, 9.17) is 5.73 Å². The number of nitrogens with one attached hydrogen (secondary N) is 1. The van der Waals surface area contributed by atoms with Crippen LogP contribution in [0.15, 0.2) is 23.1 Å². The van der Waals surface area contributed by atoms with Gasteiger partial charge < -0.3 is 16.0 Å². The molecule has 0 unspecified atom stereocenters. The average Bonchev–Trinajstić information content (AvgIpc) is 3.11. The number of nitrogens with zero attached hydrogens (tertiary/aromatic N) is 1. The number of anilines is 2. The van der Waals surface area contributed by atoms with Crippen LogP contribution >= 0.6 is 0 Å². The van der Waals surface area contributed by atoms with Gasteiger partial charge in [-0.15, -0.1) is 0 Å². The molecule has 0 atom stereocenters. The molecular weight excluding hydrogens is 278 g/mol. The first kappa shape index (κ1) is 14.6. The number of rotatable bonds is 5. The van der Waals surface area contributed by atoms with Crippen molar-refractivity contribution in [3.05, 3.63) is 18.2 Å². The van der Waals surface area contributed by atoms with Gasteiger partial charge in [-0.1, -0.05) is 0 Å². The number of nitrogen functional groups attached to an aromatic ring is 1. The summed E-state index contributed by atoms with van der Waals surface area (Å²) in [5.41, 5.74) is 6.85. The number of benzene rings is 1. The highest BCUT2D eigenvalue weighted by Gasteiger charge is 2.23. The molecule has 0 aromatic heterocycles. The van der Waals surface area contributed by atoms with Gasteiger partial charge in [-0.3, -0.25) is 4.79 Å². The van der Waals surface area contributed by atoms with E-state index in [2.05, 4.69) is 5.32 Å². The Kier molecular flexibility index (Phi) is 3.89. The van der Waals surface area contributed by atoms with E-state index in [0.29, 0.717) is 17.4 Å². The molecular formula is C13H19N3O3S. The lowest BCUT2D eigenvalue weighted by atomic mass is 10.2. The number of hydrogen-bond acceptors (Lipinski definition) is 5. The number of nitrogens with two attached hydrogens (primary N) is 1. The van der Waals surface area contributed by atoms with Crippen LogP contribution in [0.3, 0.4) is 0 Å². The highest BCUT2D eigenvalue weighted by atomic mass is 32.2. The van der Waals surface area contributed by atoms with Crippen LogP contribution in [0.5, 0.6) is 0 Å². The van der Waals surface area contributed by atoms with Crippen LogP contribution < -0.4 is 16.0 Å². The van der Waals surface area contributed by atoms with Crippen LogP contribution in [-0.4, -0.2) is 40.2 Å². The number of carbonyl (C=O) groups excluding carboxylic acids is 1. The van der Waals surface area contributed by atoms with Gasteiger partial charge >= 0.3 is 0 Å². The summed E-state index contributed by atoms with van der Waals surface area (Å²) in [4.78, 5) is 13.6. The minimum atomic E-state index is -3.28. The van der Waals surface area contributed by atoms with E-state index in [0.717, 1.165) is 19.1 Å². The van der Waals surface area contributed by atoms with E-state index in [1.54, 1.807) is 18.0 Å². The number of carbonyl (C=O) groups is 1. The van der Waals surface area contributed by atoms with Gasteiger partial charge in [0.05, 0.1) is 22.8 Å². The maximum atomic E-state index is 11.7. The summed E-state index contributed by atoms with van der Waals surface area (Å²) in [6.07, 6.45) is 3.22. The Balaban J connectivity index is 2.09. The van der Waals surface area contributed by atoms with Crippen LogP contribution in [0, 0.1) is 0 Å². The summed E-state index contributed by atoms with van der Waals surface area (Å²) >= 11 is 0. The summed E-state index contributed by atoms with van der Waals surface area (Å²) in [5.74, 6) is -0.0541. The highest BCUT2D eigenvalue weighted by Crippen LogP contribution is 2.25. The summed E-state index contributed by atoms with van der Waals surface area (Å²) in [6.45, 7) is 0.193. The Morgan fingerprint density at radius 3 is 2.60 bits per heavy atom. The zero-order chi connectivity index (χ0) is 14.9. The van der Waals surface area contributed by atoms with Crippen molar-refractivity contribution in [1.29, 1.82) is 0 Å². The first-order valence-corrected chi connectivity index (χ1v) is 8.26. The topological polar surface area (TPSA) is 92.5 Å². The largest absolute Gasteiger partial charge is 0.397 e. The molecule has 110 valence electrons. The minimum Gasteiger partial charge on any atom is -0.397 e. The summed E-state index contributed by atoms with van der Waals surface area (Å²) in [5, 5.41) is 2.89. The van der Waals surface area contributed by atoms with Crippen molar-refractivity contribution in [2.75, 3.05) is 30.5 Å². The number of hydrogen-bond donors (Lipinski definition) is 2. The number of amides is 1. The van der Waals surface area contributed by atoms with Crippen LogP contribution in [0.25, 0.3) is 0 Å². The second kappa shape index (κ2) is 5.32. The average molecular weight is 297 g/mol. The fraction of sp³-hybridized carbons (Fsp3) is 0.462. The third-order valence-electron chi connectivity index (χ3n) is 3.16. The number of sulfone groups is 1. The molecule has 0 radical (unpaired) electrons. The third-order valence-corrected chi connectivity index (χ3v) is 4.27. The van der Waals surface area contributed by atoms with E-state index >= 15 is 0 Å². The quantitative estimate of drug-likeness (QED) is 0.767. The van der Waals surface area contributed by atoms with Gasteiger partial charge in [0.15, 0.2) is 9.84 Å². The van der Waals surface area contributed by atoms with Gasteiger partial charge in [-0.05, 0) is 31.0 Å². The molecule has 1 aromatic carbocycles. The molecule has 0 bridgehead atoms. The molecule has 6 nitrogen and oxygen atoms in total. The fourth-order valence-electron chi connectivity index (χ4n) is 1.91. The fourth-order valence-corrected chi connectivity index (χ4v) is 2.57. The highest BCUT2D eigenvalue weighted by molar-refractivity contribution is 7.90. The first-order chi connectivity index (χ1) is 9.27. The molecule has 1 aliphatic rings. The predicted molar refractivity (Wildman–Crippen MR) is 78.4 cm³/mol. The SMILES string of the molecule is CN(CC(=O)NC1CC1)c1ccc(S(C)(=O)=O)cc1N. The van der Waals surface area contributed by atoms with Crippen molar-refractivity contribution < 1.29 is 13.2 Å². The van der Waals surface area contributed by atoms with Crippen molar-refractivity contribution in [2.45, 2.75) is 23.8 Å². The zero-order valence-electron chi connectivity index (χ0n) is 11.6. The van der Waals surface area contributed by atoms with Crippen LogP contribution in [-0.2, 0) is 14.6 Å². The van der Waals surface area contributed by atoms with Gasteiger partial charge in [0.1, 0.15) is 0 Å². The molecule has 1 amide bonds. The van der Waals surface area contributed by atoms with Gasteiger partial charge in [-0.25, -0.2) is 8.42 Å². The van der Waals surface area contributed by atoms with Crippen molar-refractivity contribution in [1.82, 2.24) is 5.32 Å². The Labute approximate surface area is 118 Å². The van der Waals surface area contributed by atoms with Gasteiger partial charge in [-0.2, -0.15) is 0 Å². The predicted octanol–water partition coefficient (Wildman–Crippen LogP) is 0.387. The van der Waals surface area contributed by atoms with Crippen LogP contribution in [0.2, 0.25) is 0 Å². The molecule has 0 heterocycles. The van der Waals surface area contributed by atoms with E-state index < -0.39 is 9.84 Å². The van der Waals surface area contributed by atoms with Gasteiger partial charge in [0.25, 0.3) is 0 Å². The van der Waals surface area contributed by atoms with Crippen molar-refractivity contribution in [2.24, 2.45) is 0 Å². The Morgan fingerprint density at radius 1 is 1.45 bits per heavy atom. The molecule has 1 fully saturated rings. The maximum absolute atomic E-state index is 11.7. The monoisotopic (exact) mass is 297 g/mol. The van der Waals surface area contributed by atoms with E-state index in [9.17, 15) is 13.2 Å². The molecule has 0 aliphatic heterocycles. The second-order valence-corrected chi connectivity index (χ2v) is 7.21. The number of likely N-dealkylation sites (N-methyl/N-ethyl adjacent to an activating group) is 1. The maximum Gasteiger partial charge on any atom is 0.239 e. The van der Waals surface area contributed by atoms with E-state index in [1.807, 2.05) is 0 Å². The normalized spacial score (nSPS) is 14.9. The summed E-state index contributed by atoms with van der Waals surface area (Å²) in [7, 11) is -1.53. The summed E-state index contributed by atoms with van der Waals surface area (Å²) < 4.78 is 22.9. The van der Waals surface area contributed by atoms with Crippen molar-refractivity contribution in [3.8, 4) is 0 Å². The lowest BCUT2D eigenvalue weighted by Gasteiger charge is -2.21. The summed E-state index contributed by atoms with van der Waals surface area (Å²) in [6, 6.07) is 4.85. The lowest BCUT2D eigenvalue weighted by molar-refractivity contribution is -0.119. The molecule has 0 saturated heterocycles. The van der Waals surface area contributed by atoms with E-state index in [1.165, 1.54) is 12.1 Å². The molecule has 20 heavy (non-hydrogen) atoms. The smallest absolute Gasteiger partial charge is 0.239 e. The Bertz CT molecular complexity index is 624. The van der Waals surface area contributed by atoms with Crippen LogP contribution in [0.1, 0.15) is 12.8 Å². The second-order valence-electron chi connectivity index (χ2n) is 5.19. The zero-order valence-corrected chi connectivity index (χ0v) is 12.4. The van der Waals surface area contributed by atoms with E-state index in [-0.39, 0.29) is 17.3 Å². The molecule has 1 aromatic rings. The van der Waals surface area contributed by atoms with Gasteiger partial charge in [0.2, 0.25) is 5.91 Å². The first-order valence-electron chi connectivity index (χ1n) is 6.37. The van der Waals surface area contributed by atoms with Gasteiger partial charge in [0, 0.05) is 19.3 Å².